The lowest BCUT2D eigenvalue weighted by Crippen LogP contribution is -2.69. The lowest BCUT2D eigenvalue weighted by atomic mass is 9.31. The summed E-state index contributed by atoms with van der Waals surface area (Å²) in [6, 6.07) is 2.15. The molecule has 0 heterocycles. The number of alkyl halides is 3. The average Bonchev–Trinajstić information content (AvgIpc) is 2.86. The van der Waals surface area contributed by atoms with E-state index in [-0.39, 0.29) is 63.6 Å². The number of nitrogens with zero attached hydrogens (tertiary/aromatic N) is 1. The molecule has 0 spiro atoms. The van der Waals surface area contributed by atoms with Crippen LogP contribution in [0.4, 0.5) is 13.2 Å². The van der Waals surface area contributed by atoms with Gasteiger partial charge in [-0.05, 0) is 89.8 Å². The molecule has 5 aliphatic carbocycles. The SMILES string of the molecule is CC1(C)CC[C@]2(CNC(=O)C(F)(F)F)CC[C@]3(C)C(C(=O)CC4[C@@]5(C)C=C(C#N)C(=O)C(C)(C)C5CC[C@]43C)[C@H]2C1. The van der Waals surface area contributed by atoms with Crippen molar-refractivity contribution in [1.29, 1.82) is 5.26 Å². The zero-order valence-electron chi connectivity index (χ0n) is 25.6. The Kier molecular flexibility index (Phi) is 6.59. The van der Waals surface area contributed by atoms with Crippen LogP contribution in [-0.4, -0.2) is 30.2 Å². The Balaban J connectivity index is 1.57. The van der Waals surface area contributed by atoms with Crippen molar-refractivity contribution in [3.63, 3.8) is 0 Å². The molecule has 5 aliphatic rings. The van der Waals surface area contributed by atoms with Crippen molar-refractivity contribution in [3.05, 3.63) is 11.6 Å². The van der Waals surface area contributed by atoms with E-state index >= 15 is 0 Å². The number of hydrogen-bond donors (Lipinski definition) is 1. The molecule has 0 aromatic rings. The Hall–Kier alpha value is -2.17. The van der Waals surface area contributed by atoms with Gasteiger partial charge in [0.15, 0.2) is 5.78 Å². The average molecular weight is 575 g/mol. The number of carbonyl (C=O) groups is 3. The Morgan fingerprint density at radius 3 is 2.22 bits per heavy atom. The van der Waals surface area contributed by atoms with E-state index in [1.54, 1.807) is 0 Å². The van der Waals surface area contributed by atoms with Gasteiger partial charge in [0.05, 0.1) is 5.57 Å². The minimum Gasteiger partial charge on any atom is -0.348 e. The first-order chi connectivity index (χ1) is 18.7. The van der Waals surface area contributed by atoms with E-state index in [0.717, 1.165) is 25.7 Å². The predicted octanol–water partition coefficient (Wildman–Crippen LogP) is 6.96. The van der Waals surface area contributed by atoms with Crippen LogP contribution in [0.25, 0.3) is 0 Å². The third-order valence-electron chi connectivity index (χ3n) is 13.5. The largest absolute Gasteiger partial charge is 0.471 e. The summed E-state index contributed by atoms with van der Waals surface area (Å²) in [5.74, 6) is -2.34. The molecule has 4 fully saturated rings. The van der Waals surface area contributed by atoms with E-state index in [1.165, 1.54) is 0 Å². The van der Waals surface area contributed by atoms with Crippen LogP contribution >= 0.6 is 0 Å². The molecule has 5 rings (SSSR count). The van der Waals surface area contributed by atoms with Crippen molar-refractivity contribution in [3.8, 4) is 6.07 Å². The number of nitriles is 1. The fraction of sp³-hybridized carbons (Fsp3) is 0.818. The molecule has 1 amide bonds. The number of rotatable bonds is 2. The number of hydrogen-bond acceptors (Lipinski definition) is 4. The van der Waals surface area contributed by atoms with E-state index in [4.69, 9.17) is 0 Å². The summed E-state index contributed by atoms with van der Waals surface area (Å²) in [5.41, 5.74) is -2.26. The van der Waals surface area contributed by atoms with Crippen molar-refractivity contribution in [1.82, 2.24) is 5.32 Å². The number of ketones is 2. The summed E-state index contributed by atoms with van der Waals surface area (Å²) >= 11 is 0. The van der Waals surface area contributed by atoms with Crippen molar-refractivity contribution < 1.29 is 27.6 Å². The monoisotopic (exact) mass is 574 g/mol. The van der Waals surface area contributed by atoms with Crippen molar-refractivity contribution in [2.45, 2.75) is 106 Å². The number of Topliss-reactive ketones (excluding diaryl/α,β-unsaturated/α-hetero) is 2. The molecule has 41 heavy (non-hydrogen) atoms. The van der Waals surface area contributed by atoms with Gasteiger partial charge in [0, 0.05) is 24.3 Å². The van der Waals surface area contributed by atoms with Gasteiger partial charge in [-0.15, -0.1) is 0 Å². The van der Waals surface area contributed by atoms with Gasteiger partial charge in [0.2, 0.25) is 0 Å². The highest BCUT2D eigenvalue weighted by Gasteiger charge is 2.72. The van der Waals surface area contributed by atoms with Crippen LogP contribution in [0.1, 0.15) is 99.8 Å². The van der Waals surface area contributed by atoms with Crippen LogP contribution in [0.15, 0.2) is 11.6 Å². The summed E-state index contributed by atoms with van der Waals surface area (Å²) < 4.78 is 39.5. The third kappa shape index (κ3) is 4.10. The second kappa shape index (κ2) is 8.92. The van der Waals surface area contributed by atoms with Crippen molar-refractivity contribution in [2.75, 3.05) is 6.54 Å². The number of nitrogens with one attached hydrogen (secondary N) is 1. The van der Waals surface area contributed by atoms with Crippen molar-refractivity contribution >= 4 is 17.5 Å². The molecule has 226 valence electrons. The van der Waals surface area contributed by atoms with Crippen LogP contribution in [0.3, 0.4) is 0 Å². The van der Waals surface area contributed by atoms with Gasteiger partial charge < -0.3 is 5.32 Å². The summed E-state index contributed by atoms with van der Waals surface area (Å²) in [6.45, 7) is 14.9. The van der Waals surface area contributed by atoms with Crippen LogP contribution in [0.2, 0.25) is 0 Å². The first kappa shape index (κ1) is 30.3. The van der Waals surface area contributed by atoms with Gasteiger partial charge in [0.1, 0.15) is 11.9 Å². The van der Waals surface area contributed by atoms with Gasteiger partial charge in [-0.1, -0.05) is 54.5 Å². The number of amides is 1. The fourth-order valence-electron chi connectivity index (χ4n) is 11.1. The van der Waals surface area contributed by atoms with Gasteiger partial charge in [-0.2, -0.15) is 18.4 Å². The maximum Gasteiger partial charge on any atom is 0.471 e. The minimum atomic E-state index is -4.94. The Bertz CT molecular complexity index is 1260. The molecule has 0 aromatic heterocycles. The second-order valence-electron chi connectivity index (χ2n) is 16.2. The molecular formula is C33H45F3N2O3. The fourth-order valence-corrected chi connectivity index (χ4v) is 11.1. The van der Waals surface area contributed by atoms with Crippen LogP contribution in [0, 0.1) is 67.5 Å². The molecule has 8 atom stereocenters. The second-order valence-corrected chi connectivity index (χ2v) is 16.2. The molecule has 0 aliphatic heterocycles. The molecule has 0 saturated heterocycles. The maximum absolute atomic E-state index is 14.5. The Labute approximate surface area is 242 Å². The van der Waals surface area contributed by atoms with E-state index < -0.39 is 28.3 Å². The first-order valence-corrected chi connectivity index (χ1v) is 15.2. The van der Waals surface area contributed by atoms with E-state index in [1.807, 2.05) is 19.9 Å². The zero-order chi connectivity index (χ0) is 30.6. The Morgan fingerprint density at radius 1 is 0.976 bits per heavy atom. The van der Waals surface area contributed by atoms with Gasteiger partial charge in [-0.3, -0.25) is 14.4 Å². The molecule has 4 saturated carbocycles. The quantitative estimate of drug-likeness (QED) is 0.386. The standard InChI is InChI=1S/C33H45F3N2O3/c1-27(2)10-12-32(18-38-26(41)33(34,35)36)13-11-31(7)24(20(32)16-27)21(39)14-23-29(5)15-19(17-37)25(40)28(3,4)22(29)8-9-30(23,31)6/h15,20,22-24H,8-14,16,18H2,1-7H3,(H,38,41)/t20-,22?,23?,24?,29+,30-,31-,32-/m1/s1. The number of fused-ring (bicyclic) bond motifs is 7. The van der Waals surface area contributed by atoms with E-state index in [2.05, 4.69) is 46.0 Å². The van der Waals surface area contributed by atoms with Gasteiger partial charge in [0.25, 0.3) is 0 Å². The summed E-state index contributed by atoms with van der Waals surface area (Å²) in [7, 11) is 0. The third-order valence-corrected chi connectivity index (χ3v) is 13.5. The highest BCUT2D eigenvalue weighted by atomic mass is 19.4. The predicted molar refractivity (Wildman–Crippen MR) is 148 cm³/mol. The van der Waals surface area contributed by atoms with Crippen molar-refractivity contribution in [2.24, 2.45) is 56.2 Å². The van der Waals surface area contributed by atoms with E-state index in [9.17, 15) is 32.8 Å². The minimum absolute atomic E-state index is 0.0134. The van der Waals surface area contributed by atoms with Crippen LogP contribution < -0.4 is 5.32 Å². The van der Waals surface area contributed by atoms with E-state index in [0.29, 0.717) is 25.7 Å². The molecule has 1 N–H and O–H groups in total. The molecule has 3 unspecified atom stereocenters. The van der Waals surface area contributed by atoms with Crippen LogP contribution in [0.5, 0.6) is 0 Å². The number of halogens is 3. The zero-order valence-corrected chi connectivity index (χ0v) is 25.6. The molecule has 5 nitrogen and oxygen atoms in total. The summed E-state index contributed by atoms with van der Waals surface area (Å²) in [6.07, 6.45) is 2.59. The molecule has 8 heteroatoms. The maximum atomic E-state index is 14.5. The topological polar surface area (TPSA) is 87.0 Å². The lowest BCUT2D eigenvalue weighted by molar-refractivity contribution is -0.222. The molecule has 0 radical (unpaired) electrons. The number of carbonyl (C=O) groups excluding carboxylic acids is 3. The first-order valence-electron chi connectivity index (χ1n) is 15.2. The summed E-state index contributed by atoms with van der Waals surface area (Å²) in [5, 5.41) is 12.1. The molecule has 0 aromatic carbocycles. The van der Waals surface area contributed by atoms with Gasteiger partial charge in [-0.25, -0.2) is 0 Å². The summed E-state index contributed by atoms with van der Waals surface area (Å²) in [4.78, 5) is 39.6. The highest BCUT2D eigenvalue weighted by molar-refractivity contribution is 6.04. The molecular weight excluding hydrogens is 529 g/mol. The number of allylic oxidation sites excluding steroid dienone is 2. The highest BCUT2D eigenvalue weighted by Crippen LogP contribution is 2.75. The Morgan fingerprint density at radius 2 is 1.61 bits per heavy atom. The molecule has 0 bridgehead atoms. The normalized spacial score (nSPS) is 44.8. The lowest BCUT2D eigenvalue weighted by Gasteiger charge is -2.72. The van der Waals surface area contributed by atoms with Gasteiger partial charge >= 0.3 is 12.1 Å². The smallest absolute Gasteiger partial charge is 0.348 e. The van der Waals surface area contributed by atoms with Crippen LogP contribution in [-0.2, 0) is 14.4 Å².